The molecule has 6 heteroatoms. The predicted molar refractivity (Wildman–Crippen MR) is 69.8 cm³/mol. The van der Waals surface area contributed by atoms with Crippen LogP contribution in [0.25, 0.3) is 0 Å². The van der Waals surface area contributed by atoms with E-state index in [0.717, 1.165) is 6.42 Å². The van der Waals surface area contributed by atoms with E-state index in [2.05, 4.69) is 0 Å². The second kappa shape index (κ2) is 5.28. The van der Waals surface area contributed by atoms with Gasteiger partial charge in [-0.05, 0) is 30.9 Å². The third-order valence-corrected chi connectivity index (χ3v) is 4.86. The number of nitrogens with one attached hydrogen (secondary N) is 1. The van der Waals surface area contributed by atoms with Gasteiger partial charge < -0.3 is 0 Å². The smallest absolute Gasteiger partial charge is 0.267 e. The Morgan fingerprint density at radius 3 is 2.68 bits per heavy atom. The fourth-order valence-corrected chi connectivity index (χ4v) is 3.16. The molecule has 0 aliphatic heterocycles. The lowest BCUT2D eigenvalue weighted by atomic mass is 10.1. The summed E-state index contributed by atoms with van der Waals surface area (Å²) in [7, 11) is -3.64. The molecule has 1 aliphatic rings. The van der Waals surface area contributed by atoms with Crippen LogP contribution in [0.2, 0.25) is 0 Å². The zero-order valence-electron chi connectivity index (χ0n) is 10.6. The predicted octanol–water partition coefficient (Wildman–Crippen LogP) is 2.00. The van der Waals surface area contributed by atoms with Crippen molar-refractivity contribution in [2.45, 2.75) is 37.9 Å². The molecule has 0 unspecified atom stereocenters. The number of hydrogen-bond donors (Lipinski definition) is 1. The van der Waals surface area contributed by atoms with Crippen molar-refractivity contribution in [3.05, 3.63) is 35.1 Å². The van der Waals surface area contributed by atoms with E-state index in [1.807, 2.05) is 11.6 Å². The van der Waals surface area contributed by atoms with Crippen LogP contribution in [-0.4, -0.2) is 19.6 Å². The van der Waals surface area contributed by atoms with Crippen LogP contribution in [0.1, 0.15) is 42.1 Å². The maximum absolute atomic E-state index is 14.0. The molecule has 0 bridgehead atoms. The van der Waals surface area contributed by atoms with Crippen molar-refractivity contribution in [1.29, 1.82) is 0 Å². The summed E-state index contributed by atoms with van der Waals surface area (Å²) in [6.07, 6.45) is 2.38. The lowest BCUT2D eigenvalue weighted by molar-refractivity contribution is 0.0977. The summed E-state index contributed by atoms with van der Waals surface area (Å²) in [4.78, 5) is 11.8. The van der Waals surface area contributed by atoms with E-state index in [9.17, 15) is 17.6 Å². The molecular formula is C13H16FNO3S. The highest BCUT2D eigenvalue weighted by Crippen LogP contribution is 2.27. The molecule has 1 aliphatic carbocycles. The summed E-state index contributed by atoms with van der Waals surface area (Å²) in [6.45, 7) is 1.91. The number of carbonyl (C=O) groups excluding carboxylic acids is 1. The Balaban J connectivity index is 2.21. The summed E-state index contributed by atoms with van der Waals surface area (Å²) >= 11 is 0. The quantitative estimate of drug-likeness (QED) is 0.900. The first-order valence-corrected chi connectivity index (χ1v) is 7.83. The van der Waals surface area contributed by atoms with Crippen LogP contribution in [0, 0.1) is 5.82 Å². The summed E-state index contributed by atoms with van der Waals surface area (Å²) in [5.41, 5.74) is 0.217. The summed E-state index contributed by atoms with van der Waals surface area (Å²) in [5.74, 6) is -1.52. The van der Waals surface area contributed by atoms with Gasteiger partial charge in [0, 0.05) is 0 Å². The fourth-order valence-electron chi connectivity index (χ4n) is 1.86. The first-order valence-electron chi connectivity index (χ1n) is 6.29. The summed E-state index contributed by atoms with van der Waals surface area (Å²) in [5, 5.41) is -0.502. The summed E-state index contributed by atoms with van der Waals surface area (Å²) < 4.78 is 39.3. The van der Waals surface area contributed by atoms with E-state index in [4.69, 9.17) is 0 Å². The second-order valence-corrected chi connectivity index (χ2v) is 6.67. The molecule has 1 N–H and O–H groups in total. The Morgan fingerprint density at radius 1 is 1.42 bits per heavy atom. The van der Waals surface area contributed by atoms with Crippen molar-refractivity contribution in [2.24, 2.45) is 0 Å². The number of hydrogen-bond acceptors (Lipinski definition) is 3. The highest BCUT2D eigenvalue weighted by Gasteiger charge is 2.37. The SMILES string of the molecule is CCCc1cccc(C(=O)NS(=O)(=O)C2CC2)c1F. The van der Waals surface area contributed by atoms with Gasteiger partial charge in [0.1, 0.15) is 5.82 Å². The molecule has 0 radical (unpaired) electrons. The number of rotatable bonds is 5. The average Bonchev–Trinajstić information content (AvgIpc) is 3.15. The van der Waals surface area contributed by atoms with Gasteiger partial charge in [-0.3, -0.25) is 4.79 Å². The van der Waals surface area contributed by atoms with Gasteiger partial charge in [-0.1, -0.05) is 25.5 Å². The molecule has 0 atom stereocenters. The van der Waals surface area contributed by atoms with Gasteiger partial charge in [0.05, 0.1) is 10.8 Å². The lowest BCUT2D eigenvalue weighted by Crippen LogP contribution is -2.33. The van der Waals surface area contributed by atoms with Gasteiger partial charge in [0.15, 0.2) is 0 Å². The number of halogens is 1. The molecule has 4 nitrogen and oxygen atoms in total. The minimum Gasteiger partial charge on any atom is -0.268 e. The Labute approximate surface area is 112 Å². The lowest BCUT2D eigenvalue weighted by Gasteiger charge is -2.09. The van der Waals surface area contributed by atoms with Gasteiger partial charge in [-0.15, -0.1) is 0 Å². The molecule has 1 aromatic rings. The molecule has 0 heterocycles. The number of sulfonamides is 1. The average molecular weight is 285 g/mol. The van der Waals surface area contributed by atoms with E-state index in [1.54, 1.807) is 12.1 Å². The maximum Gasteiger partial charge on any atom is 0.267 e. The van der Waals surface area contributed by atoms with Crippen molar-refractivity contribution < 1.29 is 17.6 Å². The Morgan fingerprint density at radius 2 is 2.11 bits per heavy atom. The van der Waals surface area contributed by atoms with Crippen LogP contribution in [-0.2, 0) is 16.4 Å². The molecule has 0 aromatic heterocycles. The summed E-state index contributed by atoms with van der Waals surface area (Å²) in [6, 6.07) is 4.46. The molecule has 0 spiro atoms. The molecule has 1 saturated carbocycles. The topological polar surface area (TPSA) is 63.2 Å². The molecule has 2 rings (SSSR count). The minimum atomic E-state index is -3.64. The number of aryl methyl sites for hydroxylation is 1. The second-order valence-electron chi connectivity index (χ2n) is 4.70. The number of carbonyl (C=O) groups is 1. The molecule has 104 valence electrons. The third-order valence-electron chi connectivity index (χ3n) is 3.04. The van der Waals surface area contributed by atoms with Crippen LogP contribution in [0.5, 0.6) is 0 Å². The van der Waals surface area contributed by atoms with Gasteiger partial charge >= 0.3 is 0 Å². The Bertz CT molecular complexity index is 594. The molecule has 1 fully saturated rings. The van der Waals surface area contributed by atoms with Gasteiger partial charge in [0.25, 0.3) is 5.91 Å². The van der Waals surface area contributed by atoms with Crippen molar-refractivity contribution in [1.82, 2.24) is 4.72 Å². The molecule has 0 saturated heterocycles. The molecule has 1 amide bonds. The Hall–Kier alpha value is -1.43. The van der Waals surface area contributed by atoms with Crippen molar-refractivity contribution >= 4 is 15.9 Å². The molecule has 1 aromatic carbocycles. The van der Waals surface area contributed by atoms with E-state index in [1.165, 1.54) is 6.07 Å². The first-order chi connectivity index (χ1) is 8.95. The van der Waals surface area contributed by atoms with E-state index in [-0.39, 0.29) is 5.56 Å². The zero-order chi connectivity index (χ0) is 14.0. The van der Waals surface area contributed by atoms with Gasteiger partial charge in [0.2, 0.25) is 10.0 Å². The van der Waals surface area contributed by atoms with E-state index >= 15 is 0 Å². The molecular weight excluding hydrogens is 269 g/mol. The maximum atomic E-state index is 14.0. The van der Waals surface area contributed by atoms with E-state index in [0.29, 0.717) is 24.8 Å². The molecule has 19 heavy (non-hydrogen) atoms. The minimum absolute atomic E-state index is 0.213. The zero-order valence-corrected chi connectivity index (χ0v) is 11.5. The van der Waals surface area contributed by atoms with Gasteiger partial charge in [-0.2, -0.15) is 0 Å². The van der Waals surface area contributed by atoms with Crippen LogP contribution in [0.15, 0.2) is 18.2 Å². The highest BCUT2D eigenvalue weighted by atomic mass is 32.2. The third kappa shape index (κ3) is 3.12. The monoisotopic (exact) mass is 285 g/mol. The fraction of sp³-hybridized carbons (Fsp3) is 0.462. The highest BCUT2D eigenvalue weighted by molar-refractivity contribution is 7.91. The standard InChI is InChI=1S/C13H16FNO3S/c1-2-4-9-5-3-6-11(12(9)14)13(16)15-19(17,18)10-7-8-10/h3,5-6,10H,2,4,7-8H2,1H3,(H,15,16). The van der Waals surface area contributed by atoms with Crippen LogP contribution >= 0.6 is 0 Å². The van der Waals surface area contributed by atoms with Crippen molar-refractivity contribution in [3.8, 4) is 0 Å². The largest absolute Gasteiger partial charge is 0.268 e. The number of benzene rings is 1. The van der Waals surface area contributed by atoms with Crippen molar-refractivity contribution in [3.63, 3.8) is 0 Å². The number of amides is 1. The first kappa shape index (κ1) is 14.0. The van der Waals surface area contributed by atoms with Crippen molar-refractivity contribution in [2.75, 3.05) is 0 Å². The van der Waals surface area contributed by atoms with Gasteiger partial charge in [-0.25, -0.2) is 17.5 Å². The van der Waals surface area contributed by atoms with Crippen LogP contribution < -0.4 is 4.72 Å². The van der Waals surface area contributed by atoms with Crippen LogP contribution in [0.3, 0.4) is 0 Å². The Kier molecular flexibility index (Phi) is 3.89. The van der Waals surface area contributed by atoms with E-state index < -0.39 is 27.0 Å². The van der Waals surface area contributed by atoms with Crippen LogP contribution in [0.4, 0.5) is 4.39 Å². The normalized spacial score (nSPS) is 15.3.